The first-order chi connectivity index (χ1) is 13.3. The van der Waals surface area contributed by atoms with Crippen LogP contribution >= 0.6 is 0 Å². The van der Waals surface area contributed by atoms with Gasteiger partial charge in [0.2, 0.25) is 0 Å². The summed E-state index contributed by atoms with van der Waals surface area (Å²) in [6.07, 6.45) is 0. The Morgan fingerprint density at radius 2 is 1.46 bits per heavy atom. The van der Waals surface area contributed by atoms with E-state index in [1.54, 1.807) is 13.0 Å². The fraction of sp³-hybridized carbons (Fsp3) is 0.0909. The number of rotatable bonds is 5. The van der Waals surface area contributed by atoms with Crippen LogP contribution in [0.15, 0.2) is 54.6 Å². The average Bonchev–Trinajstić information content (AvgIpc) is 2.69. The van der Waals surface area contributed by atoms with Gasteiger partial charge in [0.05, 0.1) is 23.8 Å². The Morgan fingerprint density at radius 3 is 2.14 bits per heavy atom. The number of phenols is 2. The highest BCUT2D eigenvalue weighted by molar-refractivity contribution is 6.15. The lowest BCUT2D eigenvalue weighted by atomic mass is 9.95. The largest absolute Gasteiger partial charge is 0.507 e. The molecule has 0 aliphatic carbocycles. The van der Waals surface area contributed by atoms with E-state index in [1.165, 1.54) is 43.5 Å². The van der Waals surface area contributed by atoms with Crippen LogP contribution in [0.5, 0.6) is 17.2 Å². The van der Waals surface area contributed by atoms with E-state index in [2.05, 4.69) is 0 Å². The second-order valence-electron chi connectivity index (χ2n) is 6.26. The Labute approximate surface area is 160 Å². The molecule has 6 heteroatoms. The first-order valence-corrected chi connectivity index (χ1v) is 8.37. The van der Waals surface area contributed by atoms with Gasteiger partial charge >= 0.3 is 0 Å². The third-order valence-corrected chi connectivity index (χ3v) is 4.31. The van der Waals surface area contributed by atoms with E-state index in [0.29, 0.717) is 0 Å². The van der Waals surface area contributed by atoms with Gasteiger partial charge in [0.25, 0.3) is 0 Å². The molecule has 28 heavy (non-hydrogen) atoms. The van der Waals surface area contributed by atoms with Gasteiger partial charge in [-0.2, -0.15) is 0 Å². The summed E-state index contributed by atoms with van der Waals surface area (Å²) in [5.41, 5.74) is 0.893. The lowest BCUT2D eigenvalue weighted by Gasteiger charge is -2.11. The van der Waals surface area contributed by atoms with Crippen molar-refractivity contribution in [2.45, 2.75) is 6.92 Å². The number of methoxy groups -OCH3 is 1. The van der Waals surface area contributed by atoms with Crippen LogP contribution in [0.4, 0.5) is 4.39 Å². The Hall–Kier alpha value is -3.67. The molecule has 3 aromatic rings. The molecule has 0 aliphatic rings. The predicted molar refractivity (Wildman–Crippen MR) is 101 cm³/mol. The molecule has 0 fully saturated rings. The summed E-state index contributed by atoms with van der Waals surface area (Å²) in [4.78, 5) is 25.6. The Morgan fingerprint density at radius 1 is 0.821 bits per heavy atom. The van der Waals surface area contributed by atoms with Crippen LogP contribution in [0.3, 0.4) is 0 Å². The summed E-state index contributed by atoms with van der Waals surface area (Å²) < 4.78 is 18.4. The Bertz CT molecular complexity index is 1090. The zero-order valence-electron chi connectivity index (χ0n) is 15.2. The highest BCUT2D eigenvalue weighted by Gasteiger charge is 2.21. The first kappa shape index (κ1) is 19.1. The zero-order valence-corrected chi connectivity index (χ0v) is 15.2. The maximum atomic E-state index is 13.4. The molecule has 0 heterocycles. The predicted octanol–water partition coefficient (Wildman–Crippen LogP) is 4.02. The average molecular weight is 380 g/mol. The fourth-order valence-electron chi connectivity index (χ4n) is 2.84. The molecule has 3 rings (SSSR count). The normalized spacial score (nSPS) is 10.5. The van der Waals surface area contributed by atoms with E-state index >= 15 is 0 Å². The van der Waals surface area contributed by atoms with Gasteiger partial charge in [0.15, 0.2) is 11.6 Å². The summed E-state index contributed by atoms with van der Waals surface area (Å²) in [5.74, 6) is -2.20. The summed E-state index contributed by atoms with van der Waals surface area (Å²) in [6, 6.07) is 11.9. The van der Waals surface area contributed by atoms with Crippen molar-refractivity contribution in [3.05, 3.63) is 88.2 Å². The standard InChI is InChI=1S/C22H17FO5/c1-12-3-7-18(24)16(9-12)21(26)13-4-8-19(25)17(10-13)22(27)15-6-5-14(23)11-20(15)28-2/h3-11,24-25H,1-2H3. The van der Waals surface area contributed by atoms with E-state index in [0.717, 1.165) is 17.7 Å². The van der Waals surface area contributed by atoms with E-state index in [-0.39, 0.29) is 39.5 Å². The molecule has 5 nitrogen and oxygen atoms in total. The monoisotopic (exact) mass is 380 g/mol. The summed E-state index contributed by atoms with van der Waals surface area (Å²) in [5, 5.41) is 20.1. The molecule has 2 N–H and O–H groups in total. The lowest BCUT2D eigenvalue weighted by Crippen LogP contribution is -2.08. The molecule has 142 valence electrons. The number of hydrogen-bond donors (Lipinski definition) is 2. The van der Waals surface area contributed by atoms with Crippen LogP contribution in [-0.2, 0) is 0 Å². The minimum Gasteiger partial charge on any atom is -0.507 e. The van der Waals surface area contributed by atoms with E-state index in [4.69, 9.17) is 4.74 Å². The van der Waals surface area contributed by atoms with Crippen molar-refractivity contribution in [2.24, 2.45) is 0 Å². The van der Waals surface area contributed by atoms with Gasteiger partial charge in [-0.25, -0.2) is 4.39 Å². The number of carbonyl (C=O) groups excluding carboxylic acids is 2. The maximum absolute atomic E-state index is 13.4. The van der Waals surface area contributed by atoms with Crippen LogP contribution < -0.4 is 4.74 Å². The third-order valence-electron chi connectivity index (χ3n) is 4.31. The van der Waals surface area contributed by atoms with Crippen LogP contribution in [0.2, 0.25) is 0 Å². The molecule has 0 saturated carbocycles. The molecular weight excluding hydrogens is 363 g/mol. The van der Waals surface area contributed by atoms with Gasteiger partial charge in [-0.05, 0) is 49.4 Å². The third kappa shape index (κ3) is 3.57. The number of halogens is 1. The smallest absolute Gasteiger partial charge is 0.200 e. The lowest BCUT2D eigenvalue weighted by molar-refractivity contribution is 0.103. The van der Waals surface area contributed by atoms with Crippen LogP contribution in [-0.4, -0.2) is 28.9 Å². The highest BCUT2D eigenvalue weighted by atomic mass is 19.1. The van der Waals surface area contributed by atoms with Crippen molar-refractivity contribution >= 4 is 11.6 Å². The fourth-order valence-corrected chi connectivity index (χ4v) is 2.84. The van der Waals surface area contributed by atoms with Gasteiger partial charge in [-0.1, -0.05) is 11.6 Å². The first-order valence-electron chi connectivity index (χ1n) is 8.37. The van der Waals surface area contributed by atoms with Crippen molar-refractivity contribution < 1.29 is 28.9 Å². The summed E-state index contributed by atoms with van der Waals surface area (Å²) in [6.45, 7) is 1.78. The Kier molecular flexibility index (Phi) is 5.13. The number of benzene rings is 3. The number of aromatic hydroxyl groups is 2. The SMILES string of the molecule is COc1cc(F)ccc1C(=O)c1cc(C(=O)c2cc(C)ccc2O)ccc1O. The number of aryl methyl sites for hydroxylation is 1. The van der Waals surface area contributed by atoms with E-state index in [1.807, 2.05) is 0 Å². The molecule has 0 spiro atoms. The van der Waals surface area contributed by atoms with E-state index in [9.17, 15) is 24.2 Å². The molecular formula is C22H17FO5. The Balaban J connectivity index is 2.06. The van der Waals surface area contributed by atoms with Crippen molar-refractivity contribution in [2.75, 3.05) is 7.11 Å². The number of carbonyl (C=O) groups is 2. The number of ether oxygens (including phenoxy) is 1. The molecule has 0 bridgehead atoms. The molecule has 0 radical (unpaired) electrons. The number of hydrogen-bond acceptors (Lipinski definition) is 5. The second kappa shape index (κ2) is 7.52. The molecule has 3 aromatic carbocycles. The highest BCUT2D eigenvalue weighted by Crippen LogP contribution is 2.29. The van der Waals surface area contributed by atoms with Gasteiger partial charge in [0.1, 0.15) is 23.1 Å². The quantitative estimate of drug-likeness (QED) is 0.654. The number of ketones is 2. The van der Waals surface area contributed by atoms with Crippen molar-refractivity contribution in [3.63, 3.8) is 0 Å². The van der Waals surface area contributed by atoms with Crippen molar-refractivity contribution in [1.82, 2.24) is 0 Å². The summed E-state index contributed by atoms with van der Waals surface area (Å²) >= 11 is 0. The molecule has 0 aliphatic heterocycles. The topological polar surface area (TPSA) is 83.8 Å². The van der Waals surface area contributed by atoms with Crippen LogP contribution in [0.1, 0.15) is 37.4 Å². The molecule has 0 saturated heterocycles. The van der Waals surface area contributed by atoms with Crippen LogP contribution in [0.25, 0.3) is 0 Å². The van der Waals surface area contributed by atoms with Gasteiger partial charge in [-0.15, -0.1) is 0 Å². The van der Waals surface area contributed by atoms with Crippen molar-refractivity contribution in [3.8, 4) is 17.2 Å². The van der Waals surface area contributed by atoms with Crippen molar-refractivity contribution in [1.29, 1.82) is 0 Å². The molecule has 0 amide bonds. The minimum absolute atomic E-state index is 0.0115. The van der Waals surface area contributed by atoms with E-state index < -0.39 is 17.4 Å². The number of phenolic OH excluding ortho intramolecular Hbond substituents is 2. The second-order valence-corrected chi connectivity index (χ2v) is 6.26. The van der Waals surface area contributed by atoms with Gasteiger partial charge in [0, 0.05) is 11.6 Å². The summed E-state index contributed by atoms with van der Waals surface area (Å²) in [7, 11) is 1.30. The molecule has 0 atom stereocenters. The maximum Gasteiger partial charge on any atom is 0.200 e. The molecule has 0 unspecified atom stereocenters. The zero-order chi connectivity index (χ0) is 20.4. The van der Waals surface area contributed by atoms with Gasteiger partial charge in [-0.3, -0.25) is 9.59 Å². The minimum atomic E-state index is -0.627. The van der Waals surface area contributed by atoms with Crippen LogP contribution in [0, 0.1) is 12.7 Å². The van der Waals surface area contributed by atoms with Gasteiger partial charge < -0.3 is 14.9 Å². The molecule has 0 aromatic heterocycles.